The van der Waals surface area contributed by atoms with Gasteiger partial charge in [-0.3, -0.25) is 4.79 Å². The third-order valence-electron chi connectivity index (χ3n) is 3.02. The van der Waals surface area contributed by atoms with Gasteiger partial charge in [-0.05, 0) is 36.1 Å². The molecule has 3 aromatic rings. The third kappa shape index (κ3) is 2.65. The van der Waals surface area contributed by atoms with Crippen LogP contribution < -0.4 is 11.0 Å². The zero-order chi connectivity index (χ0) is 13.9. The van der Waals surface area contributed by atoms with Crippen LogP contribution in [0.2, 0.25) is 0 Å². The molecule has 102 valence electrons. The molecule has 0 atom stereocenters. The molecule has 0 aliphatic carbocycles. The van der Waals surface area contributed by atoms with E-state index in [2.05, 4.69) is 15.3 Å². The highest BCUT2D eigenvalue weighted by Gasteiger charge is 2.07. The van der Waals surface area contributed by atoms with Crippen molar-refractivity contribution in [3.05, 3.63) is 56.6 Å². The second-order valence-electron chi connectivity index (χ2n) is 4.42. The Bertz CT molecular complexity index is 786. The van der Waals surface area contributed by atoms with Crippen molar-refractivity contribution in [2.24, 2.45) is 0 Å². The topological polar surface area (TPSA) is 77.8 Å². The lowest BCUT2D eigenvalue weighted by molar-refractivity contribution is 0.0954. The Morgan fingerprint density at radius 3 is 2.85 bits per heavy atom. The van der Waals surface area contributed by atoms with Gasteiger partial charge in [0, 0.05) is 17.0 Å². The van der Waals surface area contributed by atoms with Crippen molar-refractivity contribution in [1.29, 1.82) is 0 Å². The van der Waals surface area contributed by atoms with Crippen molar-refractivity contribution in [1.82, 2.24) is 15.3 Å². The van der Waals surface area contributed by atoms with Crippen molar-refractivity contribution in [2.75, 3.05) is 6.54 Å². The molecule has 0 fully saturated rings. The van der Waals surface area contributed by atoms with E-state index < -0.39 is 0 Å². The molecule has 5 nitrogen and oxygen atoms in total. The summed E-state index contributed by atoms with van der Waals surface area (Å²) >= 11 is 1.68. The summed E-state index contributed by atoms with van der Waals surface area (Å²) in [4.78, 5) is 29.7. The van der Waals surface area contributed by atoms with Crippen LogP contribution in [0.15, 0.2) is 40.5 Å². The van der Waals surface area contributed by atoms with Crippen LogP contribution in [0.25, 0.3) is 11.0 Å². The number of benzene rings is 1. The van der Waals surface area contributed by atoms with E-state index >= 15 is 0 Å². The molecule has 2 aromatic heterocycles. The first kappa shape index (κ1) is 12.7. The standard InChI is InChI=1S/C14H13N3O2S/c18-13(15-6-5-10-2-1-7-20-10)9-3-4-11-12(8-9)17-14(19)16-11/h1-4,7-8H,5-6H2,(H,15,18)(H2,16,17,19). The summed E-state index contributed by atoms with van der Waals surface area (Å²) in [6.45, 7) is 0.598. The van der Waals surface area contributed by atoms with E-state index in [1.807, 2.05) is 17.5 Å². The third-order valence-corrected chi connectivity index (χ3v) is 3.95. The van der Waals surface area contributed by atoms with Crippen molar-refractivity contribution in [3.8, 4) is 0 Å². The summed E-state index contributed by atoms with van der Waals surface area (Å²) in [5, 5.41) is 4.90. The largest absolute Gasteiger partial charge is 0.352 e. The monoisotopic (exact) mass is 287 g/mol. The maximum Gasteiger partial charge on any atom is 0.323 e. The molecule has 0 unspecified atom stereocenters. The number of rotatable bonds is 4. The molecule has 20 heavy (non-hydrogen) atoms. The molecule has 0 saturated carbocycles. The van der Waals surface area contributed by atoms with Gasteiger partial charge in [-0.15, -0.1) is 11.3 Å². The first-order valence-electron chi connectivity index (χ1n) is 6.25. The zero-order valence-corrected chi connectivity index (χ0v) is 11.4. The lowest BCUT2D eigenvalue weighted by atomic mass is 10.2. The minimum atomic E-state index is -0.268. The van der Waals surface area contributed by atoms with E-state index in [4.69, 9.17) is 0 Å². The summed E-state index contributed by atoms with van der Waals surface area (Å²) in [5.41, 5.74) is 1.61. The number of nitrogens with one attached hydrogen (secondary N) is 3. The highest BCUT2D eigenvalue weighted by atomic mass is 32.1. The maximum absolute atomic E-state index is 12.0. The smallest absolute Gasteiger partial charge is 0.323 e. The number of hydrogen-bond acceptors (Lipinski definition) is 3. The van der Waals surface area contributed by atoms with Gasteiger partial charge in [0.05, 0.1) is 11.0 Å². The van der Waals surface area contributed by atoms with Crippen molar-refractivity contribution < 1.29 is 4.79 Å². The van der Waals surface area contributed by atoms with Gasteiger partial charge in [0.15, 0.2) is 0 Å². The molecule has 2 heterocycles. The van der Waals surface area contributed by atoms with Gasteiger partial charge < -0.3 is 15.3 Å². The van der Waals surface area contributed by atoms with Crippen molar-refractivity contribution in [3.63, 3.8) is 0 Å². The molecular weight excluding hydrogens is 274 g/mol. The summed E-state index contributed by atoms with van der Waals surface area (Å²) in [6, 6.07) is 9.15. The van der Waals surface area contributed by atoms with Gasteiger partial charge in [-0.2, -0.15) is 0 Å². The fraction of sp³-hybridized carbons (Fsp3) is 0.143. The Labute approximate surface area is 118 Å². The number of carbonyl (C=O) groups is 1. The van der Waals surface area contributed by atoms with Gasteiger partial charge in [0.25, 0.3) is 5.91 Å². The van der Waals surface area contributed by atoms with Crippen LogP contribution >= 0.6 is 11.3 Å². The Morgan fingerprint density at radius 1 is 1.20 bits per heavy atom. The van der Waals surface area contributed by atoms with Gasteiger partial charge >= 0.3 is 5.69 Å². The van der Waals surface area contributed by atoms with Gasteiger partial charge in [0.2, 0.25) is 0 Å². The summed E-state index contributed by atoms with van der Waals surface area (Å²) in [5.74, 6) is -0.134. The lowest BCUT2D eigenvalue weighted by Gasteiger charge is -2.04. The maximum atomic E-state index is 12.0. The molecule has 0 spiro atoms. The molecule has 1 aromatic carbocycles. The number of aromatic nitrogens is 2. The normalized spacial score (nSPS) is 10.8. The van der Waals surface area contributed by atoms with Gasteiger partial charge in [-0.1, -0.05) is 6.07 Å². The average molecular weight is 287 g/mol. The molecule has 3 rings (SSSR count). The van der Waals surface area contributed by atoms with E-state index in [1.54, 1.807) is 29.5 Å². The predicted molar refractivity (Wildman–Crippen MR) is 79.3 cm³/mol. The fourth-order valence-electron chi connectivity index (χ4n) is 2.03. The second kappa shape index (κ2) is 5.34. The van der Waals surface area contributed by atoms with E-state index in [9.17, 15) is 9.59 Å². The number of H-pyrrole nitrogens is 2. The molecule has 6 heteroatoms. The molecular formula is C14H13N3O2S. The quantitative estimate of drug-likeness (QED) is 0.685. The van der Waals surface area contributed by atoms with Gasteiger partial charge in [0.1, 0.15) is 0 Å². The second-order valence-corrected chi connectivity index (χ2v) is 5.46. The van der Waals surface area contributed by atoms with Crippen LogP contribution in [0, 0.1) is 0 Å². The van der Waals surface area contributed by atoms with E-state index in [0.717, 1.165) is 6.42 Å². The summed E-state index contributed by atoms with van der Waals surface area (Å²) in [7, 11) is 0. The van der Waals surface area contributed by atoms with Crippen LogP contribution in [-0.2, 0) is 6.42 Å². The molecule has 0 radical (unpaired) electrons. The Morgan fingerprint density at radius 2 is 2.05 bits per heavy atom. The SMILES string of the molecule is O=C(NCCc1cccs1)c1ccc2[nH]c(=O)[nH]c2c1. The Hall–Kier alpha value is -2.34. The van der Waals surface area contributed by atoms with Crippen LogP contribution in [-0.4, -0.2) is 22.4 Å². The summed E-state index contributed by atoms with van der Waals surface area (Å²) in [6.07, 6.45) is 0.826. The summed E-state index contributed by atoms with van der Waals surface area (Å²) < 4.78 is 0. The zero-order valence-electron chi connectivity index (χ0n) is 10.6. The highest BCUT2D eigenvalue weighted by Crippen LogP contribution is 2.11. The van der Waals surface area contributed by atoms with Crippen LogP contribution in [0.5, 0.6) is 0 Å². The van der Waals surface area contributed by atoms with Crippen molar-refractivity contribution in [2.45, 2.75) is 6.42 Å². The molecule has 0 aliphatic rings. The Kier molecular flexibility index (Phi) is 3.39. The molecule has 0 bridgehead atoms. The minimum Gasteiger partial charge on any atom is -0.352 e. The first-order valence-corrected chi connectivity index (χ1v) is 7.13. The van der Waals surface area contributed by atoms with E-state index in [1.165, 1.54) is 4.88 Å². The number of imidazole rings is 1. The number of fused-ring (bicyclic) bond motifs is 1. The minimum absolute atomic E-state index is 0.134. The number of hydrogen-bond donors (Lipinski definition) is 3. The molecule has 0 aliphatic heterocycles. The molecule has 0 saturated heterocycles. The molecule has 1 amide bonds. The van der Waals surface area contributed by atoms with Gasteiger partial charge in [-0.25, -0.2) is 4.79 Å². The van der Waals surface area contributed by atoms with Crippen LogP contribution in [0.3, 0.4) is 0 Å². The highest BCUT2D eigenvalue weighted by molar-refractivity contribution is 7.09. The lowest BCUT2D eigenvalue weighted by Crippen LogP contribution is -2.25. The van der Waals surface area contributed by atoms with Crippen LogP contribution in [0.4, 0.5) is 0 Å². The number of amides is 1. The number of thiophene rings is 1. The Balaban J connectivity index is 1.67. The predicted octanol–water partition coefficient (Wildman–Crippen LogP) is 1.89. The van der Waals surface area contributed by atoms with E-state index in [-0.39, 0.29) is 11.6 Å². The fourth-order valence-corrected chi connectivity index (χ4v) is 2.74. The number of carbonyl (C=O) groups excluding carboxylic acids is 1. The number of aromatic amines is 2. The van der Waals surface area contributed by atoms with Crippen LogP contribution in [0.1, 0.15) is 15.2 Å². The molecule has 3 N–H and O–H groups in total. The van der Waals surface area contributed by atoms with E-state index in [0.29, 0.717) is 23.1 Å². The average Bonchev–Trinajstić information content (AvgIpc) is 3.05. The first-order chi connectivity index (χ1) is 9.72. The van der Waals surface area contributed by atoms with Crippen molar-refractivity contribution >= 4 is 28.3 Å².